The van der Waals surface area contributed by atoms with E-state index in [2.05, 4.69) is 0 Å². The van der Waals surface area contributed by atoms with Crippen LogP contribution in [0.5, 0.6) is 0 Å². The fraction of sp³-hybridized carbons (Fsp3) is 0.125. The van der Waals surface area contributed by atoms with Gasteiger partial charge in [-0.05, 0) is 42.0 Å². The van der Waals surface area contributed by atoms with Crippen LogP contribution in [0.2, 0.25) is 5.02 Å². The number of hydrogen-bond acceptors (Lipinski definition) is 2. The molecule has 0 saturated heterocycles. The molecule has 2 rings (SSSR count). The van der Waals surface area contributed by atoms with E-state index >= 15 is 0 Å². The molecule has 0 amide bonds. The van der Waals surface area contributed by atoms with Crippen LogP contribution >= 0.6 is 11.6 Å². The Morgan fingerprint density at radius 3 is 2.38 bits per heavy atom. The minimum atomic E-state index is -1.16. The molecule has 3 nitrogen and oxygen atoms in total. The largest absolute Gasteiger partial charge is 0.481 e. The summed E-state index contributed by atoms with van der Waals surface area (Å²) in [5.74, 6) is -3.10. The number of carboxylic acid groups (broad SMARTS) is 1. The SMILES string of the molecule is O=C(C[C@H](C(=O)O)c1cccc(F)c1)c1ccc(Cl)cc1. The third-order valence-electron chi connectivity index (χ3n) is 3.10. The van der Waals surface area contributed by atoms with Crippen LogP contribution in [0, 0.1) is 5.82 Å². The van der Waals surface area contributed by atoms with E-state index in [1.807, 2.05) is 0 Å². The second-order valence-electron chi connectivity index (χ2n) is 4.58. The van der Waals surface area contributed by atoms with Crippen LogP contribution in [0.25, 0.3) is 0 Å². The average Bonchev–Trinajstić information content (AvgIpc) is 2.45. The lowest BCUT2D eigenvalue weighted by Crippen LogP contribution is -2.16. The Labute approximate surface area is 126 Å². The highest BCUT2D eigenvalue weighted by Gasteiger charge is 2.24. The number of ketones is 1. The topological polar surface area (TPSA) is 54.4 Å². The molecular formula is C16H12ClFO3. The molecule has 0 heterocycles. The molecular weight excluding hydrogens is 295 g/mol. The summed E-state index contributed by atoms with van der Waals surface area (Å²) in [5.41, 5.74) is 0.645. The first-order valence-electron chi connectivity index (χ1n) is 6.24. The molecule has 0 aliphatic heterocycles. The fourth-order valence-corrected chi connectivity index (χ4v) is 2.14. The third-order valence-corrected chi connectivity index (χ3v) is 3.36. The Morgan fingerprint density at radius 1 is 1.14 bits per heavy atom. The van der Waals surface area contributed by atoms with E-state index in [-0.39, 0.29) is 17.8 Å². The van der Waals surface area contributed by atoms with E-state index in [4.69, 9.17) is 11.6 Å². The smallest absolute Gasteiger partial charge is 0.311 e. The zero-order valence-electron chi connectivity index (χ0n) is 10.9. The van der Waals surface area contributed by atoms with Crippen molar-refractivity contribution in [3.63, 3.8) is 0 Å². The van der Waals surface area contributed by atoms with Gasteiger partial charge in [-0.15, -0.1) is 0 Å². The van der Waals surface area contributed by atoms with Gasteiger partial charge < -0.3 is 5.11 Å². The summed E-state index contributed by atoms with van der Waals surface area (Å²) in [6.07, 6.45) is -0.236. The highest BCUT2D eigenvalue weighted by molar-refractivity contribution is 6.30. The quantitative estimate of drug-likeness (QED) is 0.852. The van der Waals surface area contributed by atoms with Crippen molar-refractivity contribution in [3.8, 4) is 0 Å². The number of carboxylic acids is 1. The standard InChI is InChI=1S/C16H12ClFO3/c17-12-6-4-10(5-7-12)15(19)9-14(16(20)21)11-2-1-3-13(18)8-11/h1-8,14H,9H2,(H,20,21)/t14-/m0/s1. The lowest BCUT2D eigenvalue weighted by Gasteiger charge is -2.12. The number of Topliss-reactive ketones (excluding diaryl/α,β-unsaturated/α-hetero) is 1. The van der Waals surface area contributed by atoms with E-state index in [1.165, 1.54) is 30.3 Å². The molecule has 0 fully saturated rings. The van der Waals surface area contributed by atoms with Gasteiger partial charge in [0.1, 0.15) is 5.82 Å². The van der Waals surface area contributed by atoms with Crippen LogP contribution in [0.15, 0.2) is 48.5 Å². The van der Waals surface area contributed by atoms with E-state index in [0.29, 0.717) is 10.6 Å². The third kappa shape index (κ3) is 3.89. The number of halogens is 2. The number of rotatable bonds is 5. The summed E-state index contributed by atoms with van der Waals surface area (Å²) in [6.45, 7) is 0. The molecule has 1 N–H and O–H groups in total. The first kappa shape index (κ1) is 15.2. The maximum absolute atomic E-state index is 13.2. The van der Waals surface area contributed by atoms with E-state index in [0.717, 1.165) is 6.07 Å². The fourth-order valence-electron chi connectivity index (χ4n) is 2.01. The highest BCUT2D eigenvalue weighted by Crippen LogP contribution is 2.23. The molecule has 2 aromatic rings. The van der Waals surface area contributed by atoms with Crippen LogP contribution in [-0.4, -0.2) is 16.9 Å². The predicted octanol–water partition coefficient (Wildman–Crippen LogP) is 3.92. The Balaban J connectivity index is 2.22. The summed E-state index contributed by atoms with van der Waals surface area (Å²) >= 11 is 5.74. The monoisotopic (exact) mass is 306 g/mol. The number of aliphatic carboxylic acids is 1. The Morgan fingerprint density at radius 2 is 1.81 bits per heavy atom. The van der Waals surface area contributed by atoms with Crippen molar-refractivity contribution in [3.05, 3.63) is 70.5 Å². The van der Waals surface area contributed by atoms with Crippen molar-refractivity contribution in [1.29, 1.82) is 0 Å². The molecule has 0 aliphatic carbocycles. The molecule has 108 valence electrons. The molecule has 0 bridgehead atoms. The highest BCUT2D eigenvalue weighted by atomic mass is 35.5. The summed E-state index contributed by atoms with van der Waals surface area (Å²) in [5, 5.41) is 9.75. The van der Waals surface area contributed by atoms with Crippen molar-refractivity contribution in [2.24, 2.45) is 0 Å². The van der Waals surface area contributed by atoms with Gasteiger partial charge in [0.25, 0.3) is 0 Å². The Hall–Kier alpha value is -2.20. The number of carbonyl (C=O) groups is 2. The van der Waals surface area contributed by atoms with Gasteiger partial charge in [0.15, 0.2) is 5.78 Å². The van der Waals surface area contributed by atoms with E-state index in [1.54, 1.807) is 12.1 Å². The van der Waals surface area contributed by atoms with Crippen LogP contribution in [-0.2, 0) is 4.79 Å². The summed E-state index contributed by atoms with van der Waals surface area (Å²) < 4.78 is 13.2. The van der Waals surface area contributed by atoms with Crippen molar-refractivity contribution in [2.75, 3.05) is 0 Å². The Kier molecular flexibility index (Phi) is 4.70. The summed E-state index contributed by atoms with van der Waals surface area (Å²) in [6, 6.07) is 11.5. The molecule has 5 heteroatoms. The van der Waals surface area contributed by atoms with Gasteiger partial charge in [-0.1, -0.05) is 23.7 Å². The van der Waals surface area contributed by atoms with E-state index in [9.17, 15) is 19.1 Å². The Bertz CT molecular complexity index is 667. The zero-order valence-corrected chi connectivity index (χ0v) is 11.7. The number of benzene rings is 2. The van der Waals surface area contributed by atoms with E-state index < -0.39 is 17.7 Å². The van der Waals surface area contributed by atoms with Gasteiger partial charge in [-0.3, -0.25) is 9.59 Å². The molecule has 0 radical (unpaired) electrons. The van der Waals surface area contributed by atoms with Crippen molar-refractivity contribution in [2.45, 2.75) is 12.3 Å². The normalized spacial score (nSPS) is 11.9. The predicted molar refractivity (Wildman–Crippen MR) is 77.2 cm³/mol. The van der Waals surface area contributed by atoms with Gasteiger partial charge in [0.2, 0.25) is 0 Å². The van der Waals surface area contributed by atoms with Gasteiger partial charge in [0.05, 0.1) is 5.92 Å². The van der Waals surface area contributed by atoms with Crippen LogP contribution in [0.1, 0.15) is 28.3 Å². The van der Waals surface area contributed by atoms with Crippen LogP contribution < -0.4 is 0 Å². The van der Waals surface area contributed by atoms with Crippen molar-refractivity contribution < 1.29 is 19.1 Å². The second-order valence-corrected chi connectivity index (χ2v) is 5.02. The molecule has 0 aliphatic rings. The molecule has 1 atom stereocenters. The maximum atomic E-state index is 13.2. The first-order chi connectivity index (χ1) is 9.97. The van der Waals surface area contributed by atoms with Gasteiger partial charge >= 0.3 is 5.97 Å². The first-order valence-corrected chi connectivity index (χ1v) is 6.62. The lowest BCUT2D eigenvalue weighted by atomic mass is 9.91. The van der Waals surface area contributed by atoms with Crippen LogP contribution in [0.4, 0.5) is 4.39 Å². The van der Waals surface area contributed by atoms with Crippen molar-refractivity contribution >= 4 is 23.4 Å². The zero-order chi connectivity index (χ0) is 15.4. The molecule has 0 unspecified atom stereocenters. The molecule has 0 spiro atoms. The number of carbonyl (C=O) groups excluding carboxylic acids is 1. The molecule has 0 saturated carbocycles. The minimum Gasteiger partial charge on any atom is -0.481 e. The molecule has 2 aromatic carbocycles. The lowest BCUT2D eigenvalue weighted by molar-refractivity contribution is -0.138. The van der Waals surface area contributed by atoms with Gasteiger partial charge in [0, 0.05) is 17.0 Å². The minimum absolute atomic E-state index is 0.236. The molecule has 0 aromatic heterocycles. The maximum Gasteiger partial charge on any atom is 0.311 e. The summed E-state index contributed by atoms with van der Waals surface area (Å²) in [4.78, 5) is 23.5. The number of hydrogen-bond donors (Lipinski definition) is 1. The van der Waals surface area contributed by atoms with Gasteiger partial charge in [-0.2, -0.15) is 0 Å². The second kappa shape index (κ2) is 6.50. The average molecular weight is 307 g/mol. The van der Waals surface area contributed by atoms with Gasteiger partial charge in [-0.25, -0.2) is 4.39 Å². The summed E-state index contributed by atoms with van der Waals surface area (Å²) in [7, 11) is 0. The van der Waals surface area contributed by atoms with Crippen LogP contribution in [0.3, 0.4) is 0 Å². The molecule has 21 heavy (non-hydrogen) atoms. The van der Waals surface area contributed by atoms with Crippen molar-refractivity contribution in [1.82, 2.24) is 0 Å².